The van der Waals surface area contributed by atoms with Crippen LogP contribution in [0.25, 0.3) is 22.2 Å². The molecule has 2 N–H and O–H groups in total. The number of hydrogen-bond donors (Lipinski definition) is 2. The lowest BCUT2D eigenvalue weighted by molar-refractivity contribution is 0.0955. The Balaban J connectivity index is 1.52. The molecule has 2 saturated carbocycles. The molecule has 176 valence electrons. The SMILES string of the molecule is CC1(C)[C@H]2CC[C@]1(CS(=O)(=O)O)/C(=N/NC(=O)c1cc(-c3ccccc3)nc3ccccc13)C2. The summed E-state index contributed by atoms with van der Waals surface area (Å²) in [7, 11) is -4.21. The van der Waals surface area contributed by atoms with Crippen molar-refractivity contribution in [2.24, 2.45) is 21.8 Å². The number of pyridine rings is 1. The second kappa shape index (κ2) is 7.99. The van der Waals surface area contributed by atoms with E-state index in [-0.39, 0.29) is 23.0 Å². The first-order valence-corrected chi connectivity index (χ1v) is 13.0. The number of fused-ring (bicyclic) bond motifs is 3. The average Bonchev–Trinajstić information content (AvgIpc) is 3.16. The van der Waals surface area contributed by atoms with Gasteiger partial charge in [-0.3, -0.25) is 9.35 Å². The summed E-state index contributed by atoms with van der Waals surface area (Å²) in [4.78, 5) is 18.1. The Kier molecular flexibility index (Phi) is 5.33. The Hall–Kier alpha value is -3.10. The third kappa shape index (κ3) is 3.71. The molecule has 0 radical (unpaired) electrons. The molecule has 2 aliphatic carbocycles. The first-order valence-electron chi connectivity index (χ1n) is 11.4. The van der Waals surface area contributed by atoms with Crippen molar-refractivity contribution in [1.82, 2.24) is 10.4 Å². The van der Waals surface area contributed by atoms with Gasteiger partial charge in [-0.2, -0.15) is 13.5 Å². The summed E-state index contributed by atoms with van der Waals surface area (Å²) >= 11 is 0. The van der Waals surface area contributed by atoms with E-state index in [0.29, 0.717) is 40.7 Å². The zero-order valence-corrected chi connectivity index (χ0v) is 20.0. The molecular formula is C26H27N3O4S. The molecule has 0 saturated heterocycles. The molecule has 0 unspecified atom stereocenters. The minimum Gasteiger partial charge on any atom is -0.286 e. The first-order chi connectivity index (χ1) is 16.1. The van der Waals surface area contributed by atoms with E-state index in [1.54, 1.807) is 6.07 Å². The number of rotatable bonds is 5. The Morgan fingerprint density at radius 2 is 1.85 bits per heavy atom. The van der Waals surface area contributed by atoms with Crippen LogP contribution in [-0.2, 0) is 10.1 Å². The maximum atomic E-state index is 13.3. The molecule has 3 aromatic rings. The number of hydrazone groups is 1. The number of amides is 1. The molecule has 0 aliphatic heterocycles. The molecule has 2 aromatic carbocycles. The molecule has 1 heterocycles. The fraction of sp³-hybridized carbons (Fsp3) is 0.346. The summed E-state index contributed by atoms with van der Waals surface area (Å²) in [6.45, 7) is 4.06. The number of para-hydroxylation sites is 1. The van der Waals surface area contributed by atoms with Crippen molar-refractivity contribution in [3.05, 3.63) is 66.2 Å². The molecule has 2 aliphatic rings. The van der Waals surface area contributed by atoms with E-state index < -0.39 is 15.5 Å². The van der Waals surface area contributed by atoms with Gasteiger partial charge in [-0.05, 0) is 42.7 Å². The maximum absolute atomic E-state index is 13.3. The number of benzene rings is 2. The topological polar surface area (TPSA) is 109 Å². The lowest BCUT2D eigenvalue weighted by Crippen LogP contribution is -2.43. The van der Waals surface area contributed by atoms with Crippen LogP contribution in [0.15, 0.2) is 65.8 Å². The molecule has 2 bridgehead atoms. The van der Waals surface area contributed by atoms with Gasteiger partial charge in [-0.15, -0.1) is 0 Å². The van der Waals surface area contributed by atoms with Crippen LogP contribution in [0.5, 0.6) is 0 Å². The van der Waals surface area contributed by atoms with Gasteiger partial charge in [0, 0.05) is 22.1 Å². The average molecular weight is 478 g/mol. The monoisotopic (exact) mass is 477 g/mol. The lowest BCUT2D eigenvalue weighted by atomic mass is 9.70. The van der Waals surface area contributed by atoms with Crippen LogP contribution < -0.4 is 5.43 Å². The highest BCUT2D eigenvalue weighted by atomic mass is 32.2. The Bertz CT molecular complexity index is 1420. The maximum Gasteiger partial charge on any atom is 0.272 e. The van der Waals surface area contributed by atoms with Crippen LogP contribution >= 0.6 is 0 Å². The summed E-state index contributed by atoms with van der Waals surface area (Å²) in [5.74, 6) is -0.503. The molecule has 7 nitrogen and oxygen atoms in total. The van der Waals surface area contributed by atoms with Gasteiger partial charge in [0.2, 0.25) is 0 Å². The van der Waals surface area contributed by atoms with Crippen molar-refractivity contribution in [1.29, 1.82) is 0 Å². The second-order valence-electron chi connectivity index (χ2n) is 9.91. The number of carbonyl (C=O) groups excluding carboxylic acids is 1. The number of aromatic nitrogens is 1. The van der Waals surface area contributed by atoms with Gasteiger partial charge in [-0.25, -0.2) is 10.4 Å². The third-order valence-electron chi connectivity index (χ3n) is 7.92. The van der Waals surface area contributed by atoms with Crippen molar-refractivity contribution in [2.45, 2.75) is 33.1 Å². The lowest BCUT2D eigenvalue weighted by Gasteiger charge is -2.37. The van der Waals surface area contributed by atoms with E-state index in [1.165, 1.54) is 0 Å². The zero-order chi connectivity index (χ0) is 24.1. The highest BCUT2D eigenvalue weighted by Crippen LogP contribution is 2.64. The Morgan fingerprint density at radius 1 is 1.15 bits per heavy atom. The fourth-order valence-electron chi connectivity index (χ4n) is 5.90. The first kappa shape index (κ1) is 22.7. The normalized spacial score (nSPS) is 24.6. The van der Waals surface area contributed by atoms with Crippen molar-refractivity contribution in [2.75, 3.05) is 5.75 Å². The highest BCUT2D eigenvalue weighted by Gasteiger charge is 2.64. The van der Waals surface area contributed by atoms with Gasteiger partial charge in [0.05, 0.1) is 22.5 Å². The molecule has 2 atom stereocenters. The van der Waals surface area contributed by atoms with E-state index in [4.69, 9.17) is 4.98 Å². The van der Waals surface area contributed by atoms with Crippen LogP contribution in [0.3, 0.4) is 0 Å². The van der Waals surface area contributed by atoms with Gasteiger partial charge >= 0.3 is 0 Å². The minimum atomic E-state index is -4.21. The van der Waals surface area contributed by atoms with Gasteiger partial charge in [0.1, 0.15) is 0 Å². The molecule has 1 aromatic heterocycles. The van der Waals surface area contributed by atoms with E-state index in [1.807, 2.05) is 68.4 Å². The standard InChI is InChI=1S/C26H27N3O4S/c1-25(2)18-12-13-26(25,16-34(31,32)33)23(14-18)28-29-24(30)20-15-22(17-8-4-3-5-9-17)27-21-11-7-6-10-19(20)21/h3-11,15,18H,12-14,16H2,1-2H3,(H,29,30)(H,31,32,33)/b28-23+/t18-,26-/m0/s1. The number of nitrogens with one attached hydrogen (secondary N) is 1. The third-order valence-corrected chi connectivity index (χ3v) is 8.77. The number of hydrogen-bond acceptors (Lipinski definition) is 5. The van der Waals surface area contributed by atoms with Crippen LogP contribution in [0.2, 0.25) is 0 Å². The molecule has 0 spiro atoms. The van der Waals surface area contributed by atoms with Crippen LogP contribution in [0, 0.1) is 16.7 Å². The fourth-order valence-corrected chi connectivity index (χ4v) is 7.21. The Labute approximate surface area is 199 Å². The van der Waals surface area contributed by atoms with Crippen LogP contribution in [0.4, 0.5) is 0 Å². The number of carbonyl (C=O) groups is 1. The summed E-state index contributed by atoms with van der Waals surface area (Å²) in [6.07, 6.45) is 2.11. The largest absolute Gasteiger partial charge is 0.286 e. The van der Waals surface area contributed by atoms with E-state index >= 15 is 0 Å². The summed E-state index contributed by atoms with van der Waals surface area (Å²) in [5, 5.41) is 5.17. The highest BCUT2D eigenvalue weighted by molar-refractivity contribution is 7.85. The van der Waals surface area contributed by atoms with Crippen LogP contribution in [0.1, 0.15) is 43.5 Å². The van der Waals surface area contributed by atoms with Crippen LogP contribution in [-0.4, -0.2) is 35.3 Å². The molecule has 5 rings (SSSR count). The van der Waals surface area contributed by atoms with Gasteiger partial charge in [0.15, 0.2) is 0 Å². The van der Waals surface area contributed by atoms with Crippen molar-refractivity contribution in [3.63, 3.8) is 0 Å². The molecular weight excluding hydrogens is 450 g/mol. The van der Waals surface area contributed by atoms with Crippen molar-refractivity contribution in [3.8, 4) is 11.3 Å². The van der Waals surface area contributed by atoms with E-state index in [0.717, 1.165) is 12.0 Å². The zero-order valence-electron chi connectivity index (χ0n) is 19.2. The second-order valence-corrected chi connectivity index (χ2v) is 11.4. The molecule has 8 heteroatoms. The van der Waals surface area contributed by atoms with Crippen molar-refractivity contribution >= 4 is 32.6 Å². The smallest absolute Gasteiger partial charge is 0.272 e. The van der Waals surface area contributed by atoms with E-state index in [9.17, 15) is 17.8 Å². The van der Waals surface area contributed by atoms with Crippen molar-refractivity contribution < 1.29 is 17.8 Å². The molecule has 34 heavy (non-hydrogen) atoms. The van der Waals surface area contributed by atoms with Gasteiger partial charge in [0.25, 0.3) is 16.0 Å². The Morgan fingerprint density at radius 3 is 2.56 bits per heavy atom. The quantitative estimate of drug-likeness (QED) is 0.409. The van der Waals surface area contributed by atoms with E-state index in [2.05, 4.69) is 10.5 Å². The molecule has 1 amide bonds. The molecule has 2 fully saturated rings. The minimum absolute atomic E-state index is 0.261. The summed E-state index contributed by atoms with van der Waals surface area (Å²) in [5.41, 5.74) is 4.93. The summed E-state index contributed by atoms with van der Waals surface area (Å²) < 4.78 is 33.5. The van der Waals surface area contributed by atoms with Gasteiger partial charge < -0.3 is 0 Å². The van der Waals surface area contributed by atoms with Gasteiger partial charge in [-0.1, -0.05) is 62.4 Å². The number of nitrogens with zero attached hydrogens (tertiary/aromatic N) is 2. The predicted octanol–water partition coefficient (Wildman–Crippen LogP) is 4.70. The predicted molar refractivity (Wildman–Crippen MR) is 132 cm³/mol. The summed E-state index contributed by atoms with van der Waals surface area (Å²) in [6, 6.07) is 18.8.